The molecule has 1 aliphatic carbocycles. The van der Waals surface area contributed by atoms with Crippen molar-refractivity contribution in [2.75, 3.05) is 6.61 Å². The van der Waals surface area contributed by atoms with Crippen LogP contribution in [0.2, 0.25) is 0 Å². The monoisotopic (exact) mass is 212 g/mol. The van der Waals surface area contributed by atoms with Crippen molar-refractivity contribution in [1.29, 1.82) is 0 Å². The molecule has 0 aromatic heterocycles. The minimum atomic E-state index is -0.522. The molecule has 1 aliphatic rings. The molecule has 0 aromatic carbocycles. The first-order valence-corrected chi connectivity index (χ1v) is 5.18. The van der Waals surface area contributed by atoms with Gasteiger partial charge in [-0.3, -0.25) is 14.4 Å². The third-order valence-electron chi connectivity index (χ3n) is 2.68. The highest BCUT2D eigenvalue weighted by Gasteiger charge is 2.60. The molecule has 0 bridgehead atoms. The van der Waals surface area contributed by atoms with E-state index in [4.69, 9.17) is 4.74 Å². The fourth-order valence-corrected chi connectivity index (χ4v) is 1.91. The predicted octanol–water partition coefficient (Wildman–Crippen LogP) is 0.980. The molecular formula is C11H16O4. The number of ether oxygens (including phenoxy) is 1. The Hall–Kier alpha value is -1.19. The van der Waals surface area contributed by atoms with Gasteiger partial charge in [-0.1, -0.05) is 6.92 Å². The number of hydrogen-bond donors (Lipinski definition) is 0. The molecule has 84 valence electrons. The summed E-state index contributed by atoms with van der Waals surface area (Å²) >= 11 is 0. The molecule has 0 aliphatic heterocycles. The molecule has 2 atom stereocenters. The summed E-state index contributed by atoms with van der Waals surface area (Å²) in [4.78, 5) is 33.8. The molecule has 1 rings (SSSR count). The molecular weight excluding hydrogens is 196 g/mol. The number of ketones is 2. The van der Waals surface area contributed by atoms with Gasteiger partial charge in [-0.2, -0.15) is 0 Å². The normalized spacial score (nSPS) is 28.3. The third-order valence-corrected chi connectivity index (χ3v) is 2.68. The number of carbonyl (C=O) groups is 3. The van der Waals surface area contributed by atoms with Gasteiger partial charge in [-0.05, 0) is 20.3 Å². The molecule has 0 amide bonds. The van der Waals surface area contributed by atoms with Gasteiger partial charge in [-0.15, -0.1) is 0 Å². The van der Waals surface area contributed by atoms with Crippen molar-refractivity contribution in [3.8, 4) is 0 Å². The highest BCUT2D eigenvalue weighted by molar-refractivity contribution is 6.00. The highest BCUT2D eigenvalue weighted by atomic mass is 16.5. The van der Waals surface area contributed by atoms with Crippen LogP contribution in [0.5, 0.6) is 0 Å². The largest absolute Gasteiger partial charge is 0.465 e. The maximum atomic E-state index is 11.5. The Bertz CT molecular complexity index is 275. The van der Waals surface area contributed by atoms with E-state index in [0.29, 0.717) is 6.61 Å². The van der Waals surface area contributed by atoms with Gasteiger partial charge in [-0.25, -0.2) is 0 Å². The second kappa shape index (κ2) is 4.55. The first-order chi connectivity index (χ1) is 7.00. The summed E-state index contributed by atoms with van der Waals surface area (Å²) in [6.07, 6.45) is 0.744. The van der Waals surface area contributed by atoms with Crippen LogP contribution >= 0.6 is 0 Å². The van der Waals surface area contributed by atoms with Crippen molar-refractivity contribution in [3.05, 3.63) is 0 Å². The van der Waals surface area contributed by atoms with Crippen molar-refractivity contribution in [1.82, 2.24) is 0 Å². The minimum Gasteiger partial charge on any atom is -0.465 e. The van der Waals surface area contributed by atoms with Crippen molar-refractivity contribution >= 4 is 17.5 Å². The lowest BCUT2D eigenvalue weighted by Gasteiger charge is -2.00. The Kier molecular flexibility index (Phi) is 3.61. The zero-order chi connectivity index (χ0) is 11.6. The van der Waals surface area contributed by atoms with E-state index in [1.165, 1.54) is 13.8 Å². The Morgan fingerprint density at radius 1 is 1.00 bits per heavy atom. The lowest BCUT2D eigenvalue weighted by atomic mass is 10.2. The van der Waals surface area contributed by atoms with E-state index in [-0.39, 0.29) is 11.6 Å². The molecule has 1 fully saturated rings. The van der Waals surface area contributed by atoms with Gasteiger partial charge in [0.1, 0.15) is 11.6 Å². The van der Waals surface area contributed by atoms with Crippen LogP contribution in [0.25, 0.3) is 0 Å². The Morgan fingerprint density at radius 3 is 1.80 bits per heavy atom. The van der Waals surface area contributed by atoms with Crippen molar-refractivity contribution in [2.24, 2.45) is 17.8 Å². The van der Waals surface area contributed by atoms with Crippen molar-refractivity contribution < 1.29 is 19.1 Å². The van der Waals surface area contributed by atoms with Gasteiger partial charge in [0, 0.05) is 11.8 Å². The molecule has 0 N–H and O–H groups in total. The summed E-state index contributed by atoms with van der Waals surface area (Å²) in [5.74, 6) is -2.01. The van der Waals surface area contributed by atoms with Crippen LogP contribution in [0, 0.1) is 17.8 Å². The Balaban J connectivity index is 2.59. The number of Topliss-reactive ketones (excluding diaryl/α,β-unsaturated/α-hetero) is 2. The Morgan fingerprint density at radius 2 is 1.47 bits per heavy atom. The fourth-order valence-electron chi connectivity index (χ4n) is 1.91. The quantitative estimate of drug-likeness (QED) is 0.637. The van der Waals surface area contributed by atoms with Crippen LogP contribution in [0.1, 0.15) is 27.2 Å². The topological polar surface area (TPSA) is 60.4 Å². The number of esters is 1. The fraction of sp³-hybridized carbons (Fsp3) is 0.727. The van der Waals surface area contributed by atoms with Crippen molar-refractivity contribution in [3.63, 3.8) is 0 Å². The zero-order valence-corrected chi connectivity index (χ0v) is 9.28. The van der Waals surface area contributed by atoms with Gasteiger partial charge >= 0.3 is 5.97 Å². The maximum absolute atomic E-state index is 11.5. The number of hydrogen-bond acceptors (Lipinski definition) is 4. The molecule has 0 unspecified atom stereocenters. The molecule has 0 aromatic rings. The first kappa shape index (κ1) is 11.9. The van der Waals surface area contributed by atoms with E-state index in [9.17, 15) is 14.4 Å². The first-order valence-electron chi connectivity index (χ1n) is 5.18. The summed E-state index contributed by atoms with van der Waals surface area (Å²) in [7, 11) is 0. The van der Waals surface area contributed by atoms with Gasteiger partial charge in [0.15, 0.2) is 0 Å². The van der Waals surface area contributed by atoms with Crippen LogP contribution in [0.15, 0.2) is 0 Å². The van der Waals surface area contributed by atoms with Crippen LogP contribution in [0.3, 0.4) is 0 Å². The van der Waals surface area contributed by atoms with E-state index in [2.05, 4.69) is 0 Å². The minimum absolute atomic E-state index is 0.103. The molecule has 0 heterocycles. The van der Waals surface area contributed by atoms with E-state index < -0.39 is 23.7 Å². The molecule has 15 heavy (non-hydrogen) atoms. The maximum Gasteiger partial charge on any atom is 0.310 e. The van der Waals surface area contributed by atoms with Gasteiger partial charge < -0.3 is 4.74 Å². The molecule has 0 spiro atoms. The zero-order valence-electron chi connectivity index (χ0n) is 9.28. The molecule has 4 heteroatoms. The van der Waals surface area contributed by atoms with Crippen LogP contribution in [0.4, 0.5) is 0 Å². The third kappa shape index (κ3) is 2.43. The van der Waals surface area contributed by atoms with Crippen molar-refractivity contribution in [2.45, 2.75) is 27.2 Å². The van der Waals surface area contributed by atoms with Crippen LogP contribution < -0.4 is 0 Å². The smallest absolute Gasteiger partial charge is 0.310 e. The highest BCUT2D eigenvalue weighted by Crippen LogP contribution is 2.48. The van der Waals surface area contributed by atoms with Crippen LogP contribution in [-0.4, -0.2) is 24.1 Å². The van der Waals surface area contributed by atoms with E-state index in [1.54, 1.807) is 0 Å². The summed E-state index contributed by atoms with van der Waals surface area (Å²) in [5.41, 5.74) is 0. The number of rotatable bonds is 5. The van der Waals surface area contributed by atoms with E-state index in [0.717, 1.165) is 6.42 Å². The molecule has 0 radical (unpaired) electrons. The second-order valence-corrected chi connectivity index (χ2v) is 3.97. The second-order valence-electron chi connectivity index (χ2n) is 3.97. The van der Waals surface area contributed by atoms with E-state index >= 15 is 0 Å². The summed E-state index contributed by atoms with van der Waals surface area (Å²) < 4.78 is 4.93. The summed E-state index contributed by atoms with van der Waals surface area (Å²) in [6, 6.07) is 0. The van der Waals surface area contributed by atoms with Gasteiger partial charge in [0.05, 0.1) is 12.5 Å². The number of carbonyl (C=O) groups excluding carboxylic acids is 3. The SMILES string of the molecule is CCCOC(=O)C1[C@@H](C(C)=O)[C@@H]1C(C)=O. The van der Waals surface area contributed by atoms with Crippen LogP contribution in [-0.2, 0) is 19.1 Å². The molecule has 4 nitrogen and oxygen atoms in total. The standard InChI is InChI=1S/C11H16O4/c1-4-5-15-11(14)10-8(6(2)12)9(10)7(3)13/h8-10H,4-5H2,1-3H3/t8-,9-/m0/s1. The summed E-state index contributed by atoms with van der Waals surface area (Å²) in [5, 5.41) is 0. The average Bonchev–Trinajstić information content (AvgIpc) is 2.88. The average molecular weight is 212 g/mol. The van der Waals surface area contributed by atoms with E-state index in [1.807, 2.05) is 6.92 Å². The van der Waals surface area contributed by atoms with Gasteiger partial charge in [0.2, 0.25) is 0 Å². The summed E-state index contributed by atoms with van der Waals surface area (Å²) in [6.45, 7) is 5.07. The van der Waals surface area contributed by atoms with Gasteiger partial charge in [0.25, 0.3) is 0 Å². The molecule has 1 saturated carbocycles. The predicted molar refractivity (Wildman–Crippen MR) is 53.1 cm³/mol. The molecule has 0 saturated heterocycles. The Labute approximate surface area is 89.0 Å². The lowest BCUT2D eigenvalue weighted by molar-refractivity contribution is -0.147. The lowest BCUT2D eigenvalue weighted by Crippen LogP contribution is -2.11.